The van der Waals surface area contributed by atoms with Crippen molar-refractivity contribution in [2.24, 2.45) is 5.92 Å². The molecule has 1 aromatic heterocycles. The zero-order valence-corrected chi connectivity index (χ0v) is 26.4. The molecule has 0 saturated carbocycles. The molecule has 2 aromatic carbocycles. The number of hydrogen-bond donors (Lipinski definition) is 2. The second kappa shape index (κ2) is 12.6. The zero-order valence-electron chi connectivity index (χ0n) is 25.7. The second-order valence-electron chi connectivity index (χ2n) is 11.7. The van der Waals surface area contributed by atoms with Crippen LogP contribution in [-0.2, 0) is 15.1 Å². The van der Waals surface area contributed by atoms with Crippen LogP contribution in [0.3, 0.4) is 0 Å². The topological polar surface area (TPSA) is 117 Å². The summed E-state index contributed by atoms with van der Waals surface area (Å²) in [6.07, 6.45) is 5.85. The van der Waals surface area contributed by atoms with Crippen LogP contribution in [0.4, 0.5) is 11.4 Å². The highest BCUT2D eigenvalue weighted by molar-refractivity contribution is 6.31. The Labute approximate surface area is 267 Å². The number of nitrogens with zero attached hydrogens (tertiary/aromatic N) is 4. The van der Waals surface area contributed by atoms with Gasteiger partial charge in [-0.05, 0) is 75.6 Å². The second-order valence-corrected chi connectivity index (χ2v) is 12.1. The summed E-state index contributed by atoms with van der Waals surface area (Å²) in [4.78, 5) is 55.1. The van der Waals surface area contributed by atoms with Crippen LogP contribution < -0.4 is 15.5 Å². The molecule has 0 bridgehead atoms. The van der Waals surface area contributed by atoms with Crippen LogP contribution in [0.1, 0.15) is 58.5 Å². The van der Waals surface area contributed by atoms with Crippen LogP contribution in [0.5, 0.6) is 0 Å². The average molecular weight is 627 g/mol. The lowest BCUT2D eigenvalue weighted by atomic mass is 9.98. The molecule has 45 heavy (non-hydrogen) atoms. The summed E-state index contributed by atoms with van der Waals surface area (Å²) in [5, 5.41) is 10.5. The van der Waals surface area contributed by atoms with Crippen LogP contribution in [0.2, 0.25) is 5.02 Å². The van der Waals surface area contributed by atoms with Crippen molar-refractivity contribution in [2.75, 3.05) is 30.4 Å². The predicted molar refractivity (Wildman–Crippen MR) is 173 cm³/mol. The van der Waals surface area contributed by atoms with Crippen LogP contribution in [0.25, 0.3) is 0 Å². The van der Waals surface area contributed by atoms with E-state index in [2.05, 4.69) is 39.1 Å². The van der Waals surface area contributed by atoms with Gasteiger partial charge >= 0.3 is 0 Å². The third-order valence-electron chi connectivity index (χ3n) is 8.20. The number of carbonyl (C=O) groups is 4. The van der Waals surface area contributed by atoms with Gasteiger partial charge in [-0.25, -0.2) is 0 Å². The predicted octanol–water partition coefficient (Wildman–Crippen LogP) is 4.38. The molecule has 232 valence electrons. The van der Waals surface area contributed by atoms with Crippen molar-refractivity contribution in [3.05, 3.63) is 88.7 Å². The Kier molecular flexibility index (Phi) is 8.84. The largest absolute Gasteiger partial charge is 0.369 e. The van der Waals surface area contributed by atoms with E-state index in [4.69, 9.17) is 11.6 Å². The molecule has 2 aliphatic rings. The summed E-state index contributed by atoms with van der Waals surface area (Å²) in [7, 11) is 1.49. The first-order chi connectivity index (χ1) is 21.4. The average Bonchev–Trinajstić information content (AvgIpc) is 3.57. The standard InChI is InChI=1S/C34H35ClN6O4/c1-6-7-8-29(30(42)36-5)41-31(43)26-13-12-25(16-27(26)32(41)44)39-18-23(19-39)10-9-22-17-37-40(20-22)34(3,4)33(45)38-24-11-14-28(35)21(2)15-24/h6,11-17,20,23,29H,1,7-8,18-19H2,2-5H3,(H,36,42)(H,38,45). The minimum absolute atomic E-state index is 0.0939. The molecule has 2 N–H and O–H groups in total. The first-order valence-corrected chi connectivity index (χ1v) is 15.1. The summed E-state index contributed by atoms with van der Waals surface area (Å²) in [5.74, 6) is 4.98. The van der Waals surface area contributed by atoms with Crippen molar-refractivity contribution in [2.45, 2.75) is 45.2 Å². The summed E-state index contributed by atoms with van der Waals surface area (Å²) in [6.45, 7) is 10.4. The van der Waals surface area contributed by atoms with Gasteiger partial charge in [-0.15, -0.1) is 6.58 Å². The third-order valence-corrected chi connectivity index (χ3v) is 8.62. The van der Waals surface area contributed by atoms with Gasteiger partial charge in [0.15, 0.2) is 0 Å². The van der Waals surface area contributed by atoms with E-state index in [-0.39, 0.29) is 17.7 Å². The van der Waals surface area contributed by atoms with Crippen molar-refractivity contribution in [1.29, 1.82) is 0 Å². The molecular formula is C34H35ClN6O4. The molecule has 1 saturated heterocycles. The number of aromatic nitrogens is 2. The lowest BCUT2D eigenvalue weighted by molar-refractivity contribution is -0.125. The molecule has 2 aliphatic heterocycles. The van der Waals surface area contributed by atoms with Crippen molar-refractivity contribution in [1.82, 2.24) is 20.0 Å². The maximum absolute atomic E-state index is 13.3. The Hall–Kier alpha value is -4.88. The quantitative estimate of drug-likeness (QED) is 0.207. The van der Waals surface area contributed by atoms with E-state index in [1.165, 1.54) is 7.05 Å². The minimum Gasteiger partial charge on any atom is -0.369 e. The number of halogens is 1. The number of likely N-dealkylation sites (N-methyl/N-ethyl adjacent to an activating group) is 1. The number of amides is 4. The number of aryl methyl sites for hydroxylation is 1. The first kappa shape index (κ1) is 31.5. The summed E-state index contributed by atoms with van der Waals surface area (Å²) in [5.41, 5.74) is 2.67. The number of carbonyl (C=O) groups excluding carboxylic acids is 4. The summed E-state index contributed by atoms with van der Waals surface area (Å²) >= 11 is 6.10. The lowest BCUT2D eigenvalue weighted by Crippen LogP contribution is -2.48. The number of allylic oxidation sites excluding steroid dienone is 1. The molecule has 0 radical (unpaired) electrons. The number of rotatable bonds is 9. The van der Waals surface area contributed by atoms with E-state index >= 15 is 0 Å². The zero-order chi connectivity index (χ0) is 32.5. The highest BCUT2D eigenvalue weighted by atomic mass is 35.5. The normalized spacial score (nSPS) is 15.1. The smallest absolute Gasteiger partial charge is 0.262 e. The van der Waals surface area contributed by atoms with Gasteiger partial charge in [-0.1, -0.05) is 29.5 Å². The van der Waals surface area contributed by atoms with Crippen LogP contribution in [0.15, 0.2) is 61.4 Å². The monoisotopic (exact) mass is 626 g/mol. The Morgan fingerprint density at radius 1 is 1.16 bits per heavy atom. The lowest BCUT2D eigenvalue weighted by Gasteiger charge is -2.38. The molecule has 4 amide bonds. The Balaban J connectivity index is 1.21. The molecule has 0 aliphatic carbocycles. The summed E-state index contributed by atoms with van der Waals surface area (Å²) < 4.78 is 1.60. The van der Waals surface area contributed by atoms with Gasteiger partial charge in [-0.3, -0.25) is 28.8 Å². The molecule has 0 spiro atoms. The molecule has 3 heterocycles. The van der Waals surface area contributed by atoms with E-state index in [9.17, 15) is 19.2 Å². The Morgan fingerprint density at radius 2 is 1.89 bits per heavy atom. The number of anilines is 2. The van der Waals surface area contributed by atoms with Crippen molar-refractivity contribution >= 4 is 46.6 Å². The molecule has 3 aromatic rings. The van der Waals surface area contributed by atoms with Crippen molar-refractivity contribution in [3.63, 3.8) is 0 Å². The molecular weight excluding hydrogens is 592 g/mol. The number of nitrogens with one attached hydrogen (secondary N) is 2. The van der Waals surface area contributed by atoms with Gasteiger partial charge in [0.25, 0.3) is 17.7 Å². The minimum atomic E-state index is -0.964. The molecule has 1 atom stereocenters. The van der Waals surface area contributed by atoms with Crippen molar-refractivity contribution < 1.29 is 19.2 Å². The summed E-state index contributed by atoms with van der Waals surface area (Å²) in [6, 6.07) is 9.62. The van der Waals surface area contributed by atoms with Gasteiger partial charge in [0.1, 0.15) is 11.6 Å². The highest BCUT2D eigenvalue weighted by Gasteiger charge is 2.43. The van der Waals surface area contributed by atoms with E-state index in [0.29, 0.717) is 53.3 Å². The van der Waals surface area contributed by atoms with E-state index in [1.807, 2.05) is 19.1 Å². The van der Waals surface area contributed by atoms with Gasteiger partial charge in [0.05, 0.1) is 28.8 Å². The van der Waals surface area contributed by atoms with E-state index in [1.54, 1.807) is 61.3 Å². The molecule has 1 fully saturated rings. The van der Waals surface area contributed by atoms with E-state index < -0.39 is 23.4 Å². The number of hydrogen-bond acceptors (Lipinski definition) is 6. The fraction of sp³-hybridized carbons (Fsp3) is 0.324. The first-order valence-electron chi connectivity index (χ1n) is 14.7. The van der Waals surface area contributed by atoms with Crippen LogP contribution in [-0.4, -0.2) is 64.5 Å². The van der Waals surface area contributed by atoms with Crippen molar-refractivity contribution in [3.8, 4) is 11.8 Å². The fourth-order valence-corrected chi connectivity index (χ4v) is 5.43. The van der Waals surface area contributed by atoms with E-state index in [0.717, 1.165) is 16.2 Å². The Bertz CT molecular complexity index is 1760. The number of benzene rings is 2. The molecule has 10 nitrogen and oxygen atoms in total. The number of imide groups is 1. The fourth-order valence-electron chi connectivity index (χ4n) is 5.32. The van der Waals surface area contributed by atoms with Gasteiger partial charge in [0.2, 0.25) is 5.91 Å². The van der Waals surface area contributed by atoms with Crippen LogP contribution >= 0.6 is 11.6 Å². The maximum Gasteiger partial charge on any atom is 0.262 e. The number of fused-ring (bicyclic) bond motifs is 1. The van der Waals surface area contributed by atoms with Crippen LogP contribution in [0, 0.1) is 24.7 Å². The third kappa shape index (κ3) is 6.22. The van der Waals surface area contributed by atoms with Gasteiger partial charge in [-0.2, -0.15) is 5.10 Å². The SMILES string of the molecule is C=CCCC(C(=O)NC)N1C(=O)c2ccc(N3CC(C#Cc4cnn(C(C)(C)C(=O)Nc5ccc(Cl)c(C)c5)c4)C3)cc2C1=O. The highest BCUT2D eigenvalue weighted by Crippen LogP contribution is 2.32. The maximum atomic E-state index is 13.3. The molecule has 5 rings (SSSR count). The van der Waals surface area contributed by atoms with Gasteiger partial charge < -0.3 is 15.5 Å². The van der Waals surface area contributed by atoms with Gasteiger partial charge in [0, 0.05) is 42.7 Å². The Morgan fingerprint density at radius 3 is 2.58 bits per heavy atom. The molecule has 1 unspecified atom stereocenters. The molecule has 11 heteroatoms.